The molecular weight excluding hydrogens is 430 g/mol. The van der Waals surface area contributed by atoms with Gasteiger partial charge < -0.3 is 10.1 Å². The number of esters is 1. The molecule has 0 aliphatic heterocycles. The van der Waals surface area contributed by atoms with Gasteiger partial charge >= 0.3 is 18.3 Å². The van der Waals surface area contributed by atoms with Gasteiger partial charge in [-0.25, -0.2) is 4.79 Å². The van der Waals surface area contributed by atoms with Gasteiger partial charge in [-0.1, -0.05) is 12.1 Å². The minimum atomic E-state index is -5.13. The first-order valence-electron chi connectivity index (χ1n) is 8.52. The predicted molar refractivity (Wildman–Crippen MR) is 94.6 cm³/mol. The third-order valence-electron chi connectivity index (χ3n) is 4.14. The number of carbonyl (C=O) groups is 2. The Morgan fingerprint density at radius 3 is 2.10 bits per heavy atom. The Hall–Kier alpha value is -3.55. The van der Waals surface area contributed by atoms with Crippen LogP contribution in [0.15, 0.2) is 42.5 Å². The van der Waals surface area contributed by atoms with Gasteiger partial charge in [-0.05, 0) is 35.9 Å². The highest BCUT2D eigenvalue weighted by molar-refractivity contribution is 5.97. The van der Waals surface area contributed by atoms with Crippen molar-refractivity contribution in [3.63, 3.8) is 0 Å². The van der Waals surface area contributed by atoms with Crippen LogP contribution < -0.4 is 5.32 Å². The quantitative estimate of drug-likeness (QED) is 0.556. The summed E-state index contributed by atoms with van der Waals surface area (Å²) in [6.07, 6.45) is -10.5. The molecule has 0 aliphatic carbocycles. The molecule has 0 unspecified atom stereocenters. The molecule has 2 aromatic carbocycles. The molecule has 2 rings (SSSR count). The highest BCUT2D eigenvalue weighted by Crippen LogP contribution is 2.36. The Labute approximate surface area is 172 Å². The predicted octanol–water partition coefficient (Wildman–Crippen LogP) is 4.11. The first-order chi connectivity index (χ1) is 14.3. The molecule has 0 heterocycles. The van der Waals surface area contributed by atoms with Crippen molar-refractivity contribution in [2.24, 2.45) is 0 Å². The molecule has 164 valence electrons. The summed E-state index contributed by atoms with van der Waals surface area (Å²) in [5.74, 6) is -2.30. The SMILES string of the molecule is COC(=O)[C@H](Cc1cccc(C#N)c1)NC(=O)c1cc(C(F)(F)F)cc(C(F)(F)F)c1. The zero-order valence-electron chi connectivity index (χ0n) is 15.8. The van der Waals surface area contributed by atoms with E-state index in [0.29, 0.717) is 5.56 Å². The topological polar surface area (TPSA) is 79.2 Å². The molecule has 2 aromatic rings. The van der Waals surface area contributed by atoms with E-state index < -0.39 is 47.0 Å². The van der Waals surface area contributed by atoms with E-state index in [-0.39, 0.29) is 30.2 Å². The van der Waals surface area contributed by atoms with Gasteiger partial charge in [-0.3, -0.25) is 4.79 Å². The van der Waals surface area contributed by atoms with Crippen LogP contribution in [-0.2, 0) is 28.3 Å². The third-order valence-corrected chi connectivity index (χ3v) is 4.14. The molecule has 31 heavy (non-hydrogen) atoms. The lowest BCUT2D eigenvalue weighted by molar-refractivity contribution is -0.144. The number of hydrogen-bond acceptors (Lipinski definition) is 4. The summed E-state index contributed by atoms with van der Waals surface area (Å²) < 4.78 is 82.6. The molecular formula is C20H14F6N2O3. The summed E-state index contributed by atoms with van der Waals surface area (Å²) in [6.45, 7) is 0. The van der Waals surface area contributed by atoms with Gasteiger partial charge in [0.05, 0.1) is 29.9 Å². The monoisotopic (exact) mass is 444 g/mol. The second-order valence-corrected chi connectivity index (χ2v) is 6.36. The van der Waals surface area contributed by atoms with Crippen LogP contribution in [0.3, 0.4) is 0 Å². The molecule has 1 atom stereocenters. The molecule has 11 heteroatoms. The number of ether oxygens (including phenoxy) is 1. The lowest BCUT2D eigenvalue weighted by Gasteiger charge is -2.18. The van der Waals surface area contributed by atoms with E-state index >= 15 is 0 Å². The Bertz CT molecular complexity index is 993. The first-order valence-corrected chi connectivity index (χ1v) is 8.52. The number of alkyl halides is 6. The van der Waals surface area contributed by atoms with Gasteiger partial charge in [0.1, 0.15) is 6.04 Å². The summed E-state index contributed by atoms with van der Waals surface area (Å²) in [5, 5.41) is 11.0. The number of halogens is 6. The third kappa shape index (κ3) is 6.21. The highest BCUT2D eigenvalue weighted by Gasteiger charge is 2.37. The Balaban J connectivity index is 2.38. The minimum Gasteiger partial charge on any atom is -0.467 e. The second-order valence-electron chi connectivity index (χ2n) is 6.36. The van der Waals surface area contributed by atoms with Gasteiger partial charge in [-0.15, -0.1) is 0 Å². The number of methoxy groups -OCH3 is 1. The molecule has 0 radical (unpaired) electrons. The van der Waals surface area contributed by atoms with Gasteiger partial charge in [0.15, 0.2) is 0 Å². The lowest BCUT2D eigenvalue weighted by Crippen LogP contribution is -2.43. The van der Waals surface area contributed by atoms with Gasteiger partial charge in [0, 0.05) is 12.0 Å². The molecule has 1 amide bonds. The minimum absolute atomic E-state index is 0.109. The van der Waals surface area contributed by atoms with Crippen molar-refractivity contribution in [2.45, 2.75) is 24.8 Å². The largest absolute Gasteiger partial charge is 0.467 e. The average Bonchev–Trinajstić information content (AvgIpc) is 2.71. The smallest absolute Gasteiger partial charge is 0.416 e. The fraction of sp³-hybridized carbons (Fsp3) is 0.250. The molecule has 5 nitrogen and oxygen atoms in total. The lowest BCUT2D eigenvalue weighted by atomic mass is 10.0. The van der Waals surface area contributed by atoms with Crippen LogP contribution in [-0.4, -0.2) is 25.0 Å². The maximum Gasteiger partial charge on any atom is 0.416 e. The normalized spacial score (nSPS) is 12.6. The molecule has 0 spiro atoms. The van der Waals surface area contributed by atoms with Crippen molar-refractivity contribution in [2.75, 3.05) is 7.11 Å². The average molecular weight is 444 g/mol. The van der Waals surface area contributed by atoms with Crippen LogP contribution in [0, 0.1) is 11.3 Å². The summed E-state index contributed by atoms with van der Waals surface area (Å²) in [4.78, 5) is 24.5. The van der Waals surface area contributed by atoms with Crippen LogP contribution in [0.25, 0.3) is 0 Å². The Kier molecular flexibility index (Phi) is 6.95. The van der Waals surface area contributed by atoms with Gasteiger partial charge in [0.25, 0.3) is 5.91 Å². The van der Waals surface area contributed by atoms with Crippen LogP contribution in [0.2, 0.25) is 0 Å². The zero-order chi connectivity index (χ0) is 23.4. The van der Waals surface area contributed by atoms with Crippen molar-refractivity contribution in [3.05, 3.63) is 70.3 Å². The molecule has 1 N–H and O–H groups in total. The summed E-state index contributed by atoms with van der Waals surface area (Å²) in [5.41, 5.74) is -3.59. The van der Waals surface area contributed by atoms with Gasteiger partial charge in [0.2, 0.25) is 0 Å². The van der Waals surface area contributed by atoms with Gasteiger partial charge in [-0.2, -0.15) is 31.6 Å². The summed E-state index contributed by atoms with van der Waals surface area (Å²) >= 11 is 0. The first kappa shape index (κ1) is 23.7. The molecule has 0 aliphatic rings. The number of nitrogens with zero attached hydrogens (tertiary/aromatic N) is 1. The summed E-state index contributed by atoms with van der Waals surface area (Å²) in [7, 11) is 0.999. The molecule has 0 aromatic heterocycles. The number of nitriles is 1. The van der Waals surface area contributed by atoms with Crippen LogP contribution in [0.1, 0.15) is 32.6 Å². The number of nitrogens with one attached hydrogen (secondary N) is 1. The van der Waals surface area contributed by atoms with Crippen molar-refractivity contribution in [1.29, 1.82) is 5.26 Å². The summed E-state index contributed by atoms with van der Waals surface area (Å²) in [6, 6.07) is 6.79. The molecule has 0 fully saturated rings. The number of benzene rings is 2. The number of rotatable bonds is 5. The zero-order valence-corrected chi connectivity index (χ0v) is 15.8. The Morgan fingerprint density at radius 2 is 1.61 bits per heavy atom. The molecule has 0 saturated heterocycles. The van der Waals surface area contributed by atoms with Crippen molar-refractivity contribution < 1.29 is 40.7 Å². The fourth-order valence-electron chi connectivity index (χ4n) is 2.67. The van der Waals surface area contributed by atoms with Crippen molar-refractivity contribution in [1.82, 2.24) is 5.32 Å². The van der Waals surface area contributed by atoms with E-state index in [1.54, 1.807) is 0 Å². The van der Waals surface area contributed by atoms with E-state index in [4.69, 9.17) is 5.26 Å². The van der Waals surface area contributed by atoms with Crippen molar-refractivity contribution in [3.8, 4) is 6.07 Å². The molecule has 0 saturated carbocycles. The maximum absolute atomic E-state index is 13.0. The van der Waals surface area contributed by atoms with E-state index in [2.05, 4.69) is 10.1 Å². The van der Waals surface area contributed by atoms with Crippen molar-refractivity contribution >= 4 is 11.9 Å². The second kappa shape index (κ2) is 9.07. The molecule has 0 bridgehead atoms. The standard InChI is InChI=1S/C20H14F6N2O3/c1-31-18(30)16(6-11-3-2-4-12(5-11)10-27)28-17(29)13-7-14(19(21,22)23)9-15(8-13)20(24,25)26/h2-5,7-9,16H,6H2,1H3,(H,28,29)/t16-/m0/s1. The van der Waals surface area contributed by atoms with E-state index in [0.717, 1.165) is 7.11 Å². The highest BCUT2D eigenvalue weighted by atomic mass is 19.4. The van der Waals surface area contributed by atoms with E-state index in [9.17, 15) is 35.9 Å². The fourth-order valence-corrected chi connectivity index (χ4v) is 2.67. The maximum atomic E-state index is 13.0. The number of carbonyl (C=O) groups excluding carboxylic acids is 2. The number of hydrogen-bond donors (Lipinski definition) is 1. The van der Waals surface area contributed by atoms with Crippen LogP contribution in [0.4, 0.5) is 26.3 Å². The van der Waals surface area contributed by atoms with E-state index in [1.165, 1.54) is 24.3 Å². The van der Waals surface area contributed by atoms with E-state index in [1.807, 2.05) is 6.07 Å². The van der Waals surface area contributed by atoms with Crippen LogP contribution >= 0.6 is 0 Å². The number of amides is 1. The van der Waals surface area contributed by atoms with Crippen LogP contribution in [0.5, 0.6) is 0 Å². The Morgan fingerprint density at radius 1 is 1.03 bits per heavy atom.